The molecule has 0 bridgehead atoms. The van der Waals surface area contributed by atoms with Gasteiger partial charge in [0.05, 0.1) is 5.56 Å². The maximum atomic E-state index is 13.4. The van der Waals surface area contributed by atoms with Crippen molar-refractivity contribution in [3.05, 3.63) is 51.7 Å². The number of thiophene rings is 1. The van der Waals surface area contributed by atoms with Crippen LogP contribution in [0.3, 0.4) is 0 Å². The molecular formula is C21H23FN2OS. The minimum absolute atomic E-state index is 0.255. The van der Waals surface area contributed by atoms with Crippen molar-refractivity contribution in [3.8, 4) is 6.07 Å². The zero-order chi connectivity index (χ0) is 18.9. The molecule has 1 amide bonds. The van der Waals surface area contributed by atoms with Gasteiger partial charge in [0.15, 0.2) is 0 Å². The van der Waals surface area contributed by atoms with E-state index in [1.807, 2.05) is 0 Å². The second kappa shape index (κ2) is 7.20. The molecule has 3 rings (SSSR count). The minimum atomic E-state index is -0.451. The molecule has 1 aliphatic carbocycles. The van der Waals surface area contributed by atoms with Crippen molar-refractivity contribution < 1.29 is 9.18 Å². The van der Waals surface area contributed by atoms with Gasteiger partial charge in [-0.1, -0.05) is 33.3 Å². The number of nitrogens with zero attached hydrogens (tertiary/aromatic N) is 1. The number of hydrogen-bond acceptors (Lipinski definition) is 3. The number of hydrogen-bond donors (Lipinski definition) is 1. The molecule has 0 saturated heterocycles. The highest BCUT2D eigenvalue weighted by Gasteiger charge is 2.34. The fourth-order valence-electron chi connectivity index (χ4n) is 3.55. The Morgan fingerprint density at radius 3 is 2.88 bits per heavy atom. The van der Waals surface area contributed by atoms with Crippen molar-refractivity contribution in [1.29, 1.82) is 5.26 Å². The maximum absolute atomic E-state index is 13.4. The number of carbonyl (C=O) groups excluding carboxylic acids is 1. The summed E-state index contributed by atoms with van der Waals surface area (Å²) in [6.45, 7) is 6.82. The molecule has 0 aliphatic heterocycles. The third-order valence-electron chi connectivity index (χ3n) is 5.71. The van der Waals surface area contributed by atoms with Gasteiger partial charge >= 0.3 is 0 Å². The van der Waals surface area contributed by atoms with Crippen molar-refractivity contribution in [2.75, 3.05) is 5.32 Å². The van der Waals surface area contributed by atoms with Crippen molar-refractivity contribution in [2.45, 2.75) is 46.5 Å². The van der Waals surface area contributed by atoms with Gasteiger partial charge in [-0.3, -0.25) is 4.79 Å². The number of fused-ring (bicyclic) bond motifs is 1. The summed E-state index contributed by atoms with van der Waals surface area (Å²) in [6, 6.07) is 7.84. The normalized spacial score (nSPS) is 16.7. The third kappa shape index (κ3) is 3.52. The summed E-state index contributed by atoms with van der Waals surface area (Å²) < 4.78 is 13.4. The highest BCUT2D eigenvalue weighted by molar-refractivity contribution is 7.16. The Morgan fingerprint density at radius 2 is 2.23 bits per heavy atom. The van der Waals surface area contributed by atoms with Crippen molar-refractivity contribution in [1.82, 2.24) is 0 Å². The van der Waals surface area contributed by atoms with Crippen LogP contribution in [0.5, 0.6) is 0 Å². The maximum Gasteiger partial charge on any atom is 0.256 e. The smallest absolute Gasteiger partial charge is 0.256 e. The molecule has 1 aromatic carbocycles. The molecule has 0 radical (unpaired) electrons. The standard InChI is InChI=1S/C21H23FN2OS/c1-4-21(2,3)14-8-9-16-17(12-23)20(26-18(16)11-14)24-19(25)13-6-5-7-15(22)10-13/h5-7,10,14H,4,8-9,11H2,1-3H3,(H,24,25)/t14-/m0/s1. The van der Waals surface area contributed by atoms with E-state index in [9.17, 15) is 14.4 Å². The van der Waals surface area contributed by atoms with Crippen molar-refractivity contribution in [3.63, 3.8) is 0 Å². The topological polar surface area (TPSA) is 52.9 Å². The van der Waals surface area contributed by atoms with Crippen LogP contribution in [-0.4, -0.2) is 5.91 Å². The van der Waals surface area contributed by atoms with E-state index in [0.717, 1.165) is 31.2 Å². The van der Waals surface area contributed by atoms with Gasteiger partial charge in [-0.05, 0) is 54.4 Å². The largest absolute Gasteiger partial charge is 0.312 e. The molecule has 1 atom stereocenters. The molecule has 3 nitrogen and oxygen atoms in total. The van der Waals surface area contributed by atoms with Gasteiger partial charge in [-0.25, -0.2) is 4.39 Å². The van der Waals surface area contributed by atoms with Crippen molar-refractivity contribution in [2.24, 2.45) is 11.3 Å². The van der Waals surface area contributed by atoms with E-state index in [2.05, 4.69) is 32.2 Å². The van der Waals surface area contributed by atoms with E-state index in [0.29, 0.717) is 16.5 Å². The molecular weight excluding hydrogens is 347 g/mol. The van der Waals surface area contributed by atoms with Crippen molar-refractivity contribution >= 4 is 22.2 Å². The number of nitriles is 1. The summed E-state index contributed by atoms with van der Waals surface area (Å²) >= 11 is 1.50. The highest BCUT2D eigenvalue weighted by Crippen LogP contribution is 2.45. The summed E-state index contributed by atoms with van der Waals surface area (Å²) in [5.74, 6) is -0.254. The Kier molecular flexibility index (Phi) is 5.15. The predicted molar refractivity (Wildman–Crippen MR) is 103 cm³/mol. The van der Waals surface area contributed by atoms with E-state index in [1.165, 1.54) is 34.4 Å². The lowest BCUT2D eigenvalue weighted by atomic mass is 9.69. The molecule has 5 heteroatoms. The lowest BCUT2D eigenvalue weighted by Gasteiger charge is -2.36. The average Bonchev–Trinajstić information content (AvgIpc) is 2.97. The molecule has 0 unspecified atom stereocenters. The van der Waals surface area contributed by atoms with Gasteiger partial charge in [0, 0.05) is 10.4 Å². The van der Waals surface area contributed by atoms with E-state index in [-0.39, 0.29) is 16.9 Å². The summed E-state index contributed by atoms with van der Waals surface area (Å²) in [6.07, 6.45) is 4.01. The Hall–Kier alpha value is -2.19. The van der Waals surface area contributed by atoms with Gasteiger partial charge in [0.25, 0.3) is 5.91 Å². The van der Waals surface area contributed by atoms with Crippen LogP contribution in [0.2, 0.25) is 0 Å². The number of halogens is 1. The quantitative estimate of drug-likeness (QED) is 0.767. The molecule has 1 heterocycles. The Labute approximate surface area is 157 Å². The molecule has 136 valence electrons. The SMILES string of the molecule is CCC(C)(C)[C@H]1CCc2c(sc(NC(=O)c3cccc(F)c3)c2C#N)C1. The summed E-state index contributed by atoms with van der Waals surface area (Å²) in [5, 5.41) is 13.0. The Balaban J connectivity index is 1.87. The predicted octanol–water partition coefficient (Wildman–Crippen LogP) is 5.55. The first-order chi connectivity index (χ1) is 12.4. The van der Waals surface area contributed by atoms with Crippen LogP contribution in [0, 0.1) is 28.5 Å². The van der Waals surface area contributed by atoms with Crippen LogP contribution in [-0.2, 0) is 12.8 Å². The highest BCUT2D eigenvalue weighted by atomic mass is 32.1. The molecule has 0 saturated carbocycles. The minimum Gasteiger partial charge on any atom is -0.312 e. The monoisotopic (exact) mass is 370 g/mol. The average molecular weight is 370 g/mol. The molecule has 1 aliphatic rings. The summed E-state index contributed by atoms with van der Waals surface area (Å²) in [4.78, 5) is 13.6. The van der Waals surface area contributed by atoms with Gasteiger partial charge in [0.2, 0.25) is 0 Å². The van der Waals surface area contributed by atoms with Crippen LogP contribution in [0.4, 0.5) is 9.39 Å². The van der Waals surface area contributed by atoms with Gasteiger partial charge in [-0.15, -0.1) is 11.3 Å². The Morgan fingerprint density at radius 1 is 1.46 bits per heavy atom. The third-order valence-corrected chi connectivity index (χ3v) is 6.88. The first-order valence-electron chi connectivity index (χ1n) is 8.97. The summed E-state index contributed by atoms with van der Waals surface area (Å²) in [5.41, 5.74) is 2.17. The second-order valence-corrected chi connectivity index (χ2v) is 8.67. The number of carbonyl (C=O) groups is 1. The molecule has 0 spiro atoms. The first-order valence-corrected chi connectivity index (χ1v) is 9.79. The molecule has 26 heavy (non-hydrogen) atoms. The number of amides is 1. The number of rotatable bonds is 4. The number of nitrogens with one attached hydrogen (secondary N) is 1. The van der Waals surface area contributed by atoms with Crippen LogP contribution in [0.25, 0.3) is 0 Å². The molecule has 0 fully saturated rings. The lowest BCUT2D eigenvalue weighted by Crippen LogP contribution is -2.28. The van der Waals surface area contributed by atoms with Gasteiger partial charge in [0.1, 0.15) is 16.9 Å². The van der Waals surface area contributed by atoms with Crippen LogP contribution in [0.1, 0.15) is 60.0 Å². The Bertz CT molecular complexity index is 879. The molecule has 1 aromatic heterocycles. The summed E-state index contributed by atoms with van der Waals surface area (Å²) in [7, 11) is 0. The van der Waals surface area contributed by atoms with Crippen LogP contribution in [0.15, 0.2) is 24.3 Å². The zero-order valence-electron chi connectivity index (χ0n) is 15.4. The second-order valence-electron chi connectivity index (χ2n) is 7.57. The molecule has 1 N–H and O–H groups in total. The van der Waals surface area contributed by atoms with Crippen LogP contribution < -0.4 is 5.32 Å². The first kappa shape index (κ1) is 18.6. The van der Waals surface area contributed by atoms with E-state index < -0.39 is 5.82 Å². The number of anilines is 1. The lowest BCUT2D eigenvalue weighted by molar-refractivity contribution is 0.102. The van der Waals surface area contributed by atoms with E-state index in [4.69, 9.17) is 0 Å². The number of benzene rings is 1. The van der Waals surface area contributed by atoms with Gasteiger partial charge < -0.3 is 5.32 Å². The van der Waals surface area contributed by atoms with E-state index in [1.54, 1.807) is 6.07 Å². The fourth-order valence-corrected chi connectivity index (χ4v) is 4.83. The van der Waals surface area contributed by atoms with Gasteiger partial charge in [-0.2, -0.15) is 5.26 Å². The van der Waals surface area contributed by atoms with Crippen LogP contribution >= 0.6 is 11.3 Å². The zero-order valence-corrected chi connectivity index (χ0v) is 16.2. The van der Waals surface area contributed by atoms with E-state index >= 15 is 0 Å². The molecule has 2 aromatic rings. The fraction of sp³-hybridized carbons (Fsp3) is 0.429.